The zero-order valence-electron chi connectivity index (χ0n) is 10.8. The maximum absolute atomic E-state index is 9.62. The average molecular weight is 233 g/mol. The van der Waals surface area contributed by atoms with Crippen LogP contribution >= 0.6 is 11.8 Å². The fraction of sp³-hybridized carbons (Fsp3) is 1.00. The predicted octanol–water partition coefficient (Wildman–Crippen LogP) is 2.37. The molecule has 0 aromatic carbocycles. The highest BCUT2D eigenvalue weighted by atomic mass is 32.2. The van der Waals surface area contributed by atoms with Gasteiger partial charge in [-0.1, -0.05) is 27.7 Å². The first kappa shape index (κ1) is 15.3. The van der Waals surface area contributed by atoms with E-state index in [1.165, 1.54) is 5.75 Å². The number of aliphatic hydroxyl groups excluding tert-OH is 1. The number of aliphatic hydroxyl groups is 1. The lowest BCUT2D eigenvalue weighted by Crippen LogP contribution is -2.37. The molecule has 0 aromatic rings. The van der Waals surface area contributed by atoms with Gasteiger partial charge in [-0.3, -0.25) is 0 Å². The van der Waals surface area contributed by atoms with Crippen molar-refractivity contribution in [3.63, 3.8) is 0 Å². The van der Waals surface area contributed by atoms with Crippen molar-refractivity contribution < 1.29 is 5.11 Å². The van der Waals surface area contributed by atoms with Crippen molar-refractivity contribution in [1.29, 1.82) is 0 Å². The molecule has 92 valence electrons. The average Bonchev–Trinajstić information content (AvgIpc) is 2.13. The summed E-state index contributed by atoms with van der Waals surface area (Å²) in [5.74, 6) is 3.46. The minimum atomic E-state index is -0.220. The molecule has 0 fully saturated rings. The lowest BCUT2D eigenvalue weighted by molar-refractivity contribution is 0.121. The van der Waals surface area contributed by atoms with E-state index in [2.05, 4.69) is 26.1 Å². The Morgan fingerprint density at radius 3 is 2.13 bits per heavy atom. The van der Waals surface area contributed by atoms with Crippen LogP contribution in [-0.2, 0) is 0 Å². The Balaban J connectivity index is 3.44. The maximum Gasteiger partial charge on any atom is 0.0687 e. The third-order valence-corrected chi connectivity index (χ3v) is 3.90. The fourth-order valence-electron chi connectivity index (χ4n) is 1.10. The van der Waals surface area contributed by atoms with Crippen LogP contribution in [0.4, 0.5) is 0 Å². The topological polar surface area (TPSA) is 32.3 Å². The van der Waals surface area contributed by atoms with Crippen LogP contribution in [0.3, 0.4) is 0 Å². The molecule has 0 spiro atoms. The van der Waals surface area contributed by atoms with E-state index in [9.17, 15) is 5.11 Å². The summed E-state index contributed by atoms with van der Waals surface area (Å²) in [7, 11) is 0. The standard InChI is InChI=1S/C12H27NOS/c1-9(2)7-15-8-11(5)13-6-12(14)10(3)4/h9-14H,6-8H2,1-5H3. The van der Waals surface area contributed by atoms with Crippen LogP contribution in [-0.4, -0.2) is 35.3 Å². The molecule has 0 aliphatic rings. The molecule has 0 amide bonds. The van der Waals surface area contributed by atoms with Gasteiger partial charge in [0.25, 0.3) is 0 Å². The van der Waals surface area contributed by atoms with E-state index in [1.54, 1.807) is 0 Å². The van der Waals surface area contributed by atoms with Gasteiger partial charge >= 0.3 is 0 Å². The zero-order chi connectivity index (χ0) is 11.8. The van der Waals surface area contributed by atoms with Crippen LogP contribution in [0.1, 0.15) is 34.6 Å². The van der Waals surface area contributed by atoms with Crippen molar-refractivity contribution in [2.45, 2.75) is 46.8 Å². The van der Waals surface area contributed by atoms with Crippen molar-refractivity contribution in [2.24, 2.45) is 11.8 Å². The van der Waals surface area contributed by atoms with E-state index in [0.29, 0.717) is 18.5 Å². The summed E-state index contributed by atoms with van der Waals surface area (Å²) in [6, 6.07) is 0.488. The van der Waals surface area contributed by atoms with Gasteiger partial charge in [-0.15, -0.1) is 0 Å². The molecule has 0 aliphatic heterocycles. The smallest absolute Gasteiger partial charge is 0.0687 e. The second-order valence-corrected chi connectivity index (χ2v) is 6.13. The van der Waals surface area contributed by atoms with Gasteiger partial charge in [0, 0.05) is 18.3 Å². The van der Waals surface area contributed by atoms with Gasteiger partial charge in [-0.25, -0.2) is 0 Å². The van der Waals surface area contributed by atoms with Gasteiger partial charge in [0.05, 0.1) is 6.10 Å². The lowest BCUT2D eigenvalue weighted by atomic mass is 10.1. The van der Waals surface area contributed by atoms with Gasteiger partial charge < -0.3 is 10.4 Å². The Kier molecular flexibility index (Phi) is 8.58. The summed E-state index contributed by atoms with van der Waals surface area (Å²) in [6.45, 7) is 11.5. The molecule has 0 aliphatic carbocycles. The molecular formula is C12H27NOS. The van der Waals surface area contributed by atoms with E-state index in [1.807, 2.05) is 25.6 Å². The highest BCUT2D eigenvalue weighted by Crippen LogP contribution is 2.09. The van der Waals surface area contributed by atoms with Crippen LogP contribution in [0, 0.1) is 11.8 Å². The Hall–Kier alpha value is 0.270. The Bertz CT molecular complexity index is 151. The molecule has 0 radical (unpaired) electrons. The monoisotopic (exact) mass is 233 g/mol. The van der Waals surface area contributed by atoms with Gasteiger partial charge in [0.2, 0.25) is 0 Å². The van der Waals surface area contributed by atoms with Crippen LogP contribution in [0.15, 0.2) is 0 Å². The molecule has 0 heterocycles. The van der Waals surface area contributed by atoms with Crippen molar-refractivity contribution in [2.75, 3.05) is 18.1 Å². The summed E-state index contributed by atoms with van der Waals surface area (Å²) in [5, 5.41) is 13.0. The van der Waals surface area contributed by atoms with Gasteiger partial charge in [0.1, 0.15) is 0 Å². The van der Waals surface area contributed by atoms with Crippen LogP contribution < -0.4 is 5.32 Å². The Morgan fingerprint density at radius 2 is 1.67 bits per heavy atom. The molecule has 0 rings (SSSR count). The van der Waals surface area contributed by atoms with E-state index in [-0.39, 0.29) is 6.10 Å². The molecule has 2 N–H and O–H groups in total. The summed E-state index contributed by atoms with van der Waals surface area (Å²) >= 11 is 1.99. The molecule has 0 saturated heterocycles. The number of rotatable bonds is 8. The number of nitrogens with one attached hydrogen (secondary N) is 1. The van der Waals surface area contributed by atoms with Crippen molar-refractivity contribution >= 4 is 11.8 Å². The zero-order valence-corrected chi connectivity index (χ0v) is 11.6. The van der Waals surface area contributed by atoms with Gasteiger partial charge in [0.15, 0.2) is 0 Å². The molecule has 2 unspecified atom stereocenters. The van der Waals surface area contributed by atoms with E-state index in [0.717, 1.165) is 11.7 Å². The van der Waals surface area contributed by atoms with E-state index < -0.39 is 0 Å². The summed E-state index contributed by atoms with van der Waals surface area (Å²) < 4.78 is 0. The maximum atomic E-state index is 9.62. The molecule has 2 atom stereocenters. The molecule has 2 nitrogen and oxygen atoms in total. The first-order valence-electron chi connectivity index (χ1n) is 5.92. The third-order valence-electron chi connectivity index (χ3n) is 2.26. The highest BCUT2D eigenvalue weighted by molar-refractivity contribution is 7.99. The summed E-state index contributed by atoms with van der Waals surface area (Å²) in [6.07, 6.45) is -0.220. The van der Waals surface area contributed by atoms with Crippen molar-refractivity contribution in [3.05, 3.63) is 0 Å². The normalized spacial score (nSPS) is 16.0. The summed E-state index contributed by atoms with van der Waals surface area (Å²) in [5.41, 5.74) is 0. The quantitative estimate of drug-likeness (QED) is 0.675. The second kappa shape index (κ2) is 8.43. The minimum absolute atomic E-state index is 0.220. The summed E-state index contributed by atoms with van der Waals surface area (Å²) in [4.78, 5) is 0. The van der Waals surface area contributed by atoms with Crippen molar-refractivity contribution in [1.82, 2.24) is 5.32 Å². The Morgan fingerprint density at radius 1 is 1.07 bits per heavy atom. The first-order valence-corrected chi connectivity index (χ1v) is 7.08. The highest BCUT2D eigenvalue weighted by Gasteiger charge is 2.10. The molecule has 3 heteroatoms. The van der Waals surface area contributed by atoms with Crippen LogP contribution in [0.2, 0.25) is 0 Å². The number of thioether (sulfide) groups is 1. The number of hydrogen-bond acceptors (Lipinski definition) is 3. The second-order valence-electron chi connectivity index (χ2n) is 5.05. The molecule has 0 saturated carbocycles. The van der Waals surface area contributed by atoms with Crippen molar-refractivity contribution in [3.8, 4) is 0 Å². The molecule has 0 bridgehead atoms. The largest absolute Gasteiger partial charge is 0.392 e. The molecule has 15 heavy (non-hydrogen) atoms. The third kappa shape index (κ3) is 9.21. The lowest BCUT2D eigenvalue weighted by Gasteiger charge is -2.19. The van der Waals surface area contributed by atoms with E-state index >= 15 is 0 Å². The predicted molar refractivity (Wildman–Crippen MR) is 70.5 cm³/mol. The number of hydrogen-bond donors (Lipinski definition) is 2. The SMILES string of the molecule is CC(C)CSCC(C)NCC(O)C(C)C. The van der Waals surface area contributed by atoms with Crippen LogP contribution in [0.25, 0.3) is 0 Å². The molecular weight excluding hydrogens is 206 g/mol. The first-order chi connectivity index (χ1) is 6.93. The molecule has 0 aromatic heterocycles. The van der Waals surface area contributed by atoms with E-state index in [4.69, 9.17) is 0 Å². The minimum Gasteiger partial charge on any atom is -0.392 e. The van der Waals surface area contributed by atoms with Crippen LogP contribution in [0.5, 0.6) is 0 Å². The van der Waals surface area contributed by atoms with Gasteiger partial charge in [-0.05, 0) is 24.5 Å². The Labute approximate surface area is 99.2 Å². The van der Waals surface area contributed by atoms with Gasteiger partial charge in [-0.2, -0.15) is 11.8 Å². The fourth-order valence-corrected chi connectivity index (χ4v) is 2.18.